The Hall–Kier alpha value is -1.74. The third-order valence-electron chi connectivity index (χ3n) is 9.39. The molecule has 10 radical (unpaired) electrons. The molecule has 2 heterocycles. The van der Waals surface area contributed by atoms with Crippen LogP contribution in [0, 0.1) is 62.7 Å². The van der Waals surface area contributed by atoms with Crippen molar-refractivity contribution in [3.8, 4) is 0 Å². The van der Waals surface area contributed by atoms with Crippen LogP contribution in [0.15, 0.2) is 121 Å². The zero-order valence-corrected chi connectivity index (χ0v) is 28.4. The van der Waals surface area contributed by atoms with Gasteiger partial charge in [-0.25, -0.2) is 0 Å². The summed E-state index contributed by atoms with van der Waals surface area (Å²) < 4.78 is 0. The Morgan fingerprint density at radius 1 is 0.333 bits per heavy atom. The van der Waals surface area contributed by atoms with Gasteiger partial charge in [-0.1, -0.05) is 137 Å². The Kier molecular flexibility index (Phi) is 12.1. The van der Waals surface area contributed by atoms with Gasteiger partial charge in [-0.05, 0) is 99.3 Å². The van der Waals surface area contributed by atoms with Crippen LogP contribution >= 0.6 is 15.8 Å². The minimum atomic E-state index is -0.183. The summed E-state index contributed by atoms with van der Waals surface area (Å²) in [5, 5.41) is 0. The number of benzene rings is 4. The van der Waals surface area contributed by atoms with Gasteiger partial charge in [0.2, 0.25) is 0 Å². The Bertz CT molecular complexity index is 1190. The standard InChI is InChI=1S/2C21H20P.Fe/c2*1-3-9-17(10-4-1)20-15-16-21(18-11-5-2-6-12-18)22(20)19-13-7-8-14-19;/h2*1-14,20-21H,15-16H2;/q;;+2/t2*20-,21-;/m00./s1. The van der Waals surface area contributed by atoms with Crippen LogP contribution in [0.25, 0.3) is 0 Å². The molecular formula is C42H40FeP2+2. The van der Waals surface area contributed by atoms with Crippen LogP contribution in [-0.2, 0) is 17.1 Å². The van der Waals surface area contributed by atoms with Crippen molar-refractivity contribution in [2.75, 3.05) is 0 Å². The summed E-state index contributed by atoms with van der Waals surface area (Å²) in [4.78, 5) is 0. The van der Waals surface area contributed by atoms with E-state index in [4.69, 9.17) is 0 Å². The van der Waals surface area contributed by atoms with Crippen LogP contribution in [0.2, 0.25) is 0 Å². The van der Waals surface area contributed by atoms with Crippen LogP contribution in [0.5, 0.6) is 0 Å². The molecule has 2 saturated heterocycles. The van der Waals surface area contributed by atoms with Crippen molar-refractivity contribution >= 4 is 15.8 Å². The summed E-state index contributed by atoms with van der Waals surface area (Å²) >= 11 is 0. The van der Waals surface area contributed by atoms with E-state index in [-0.39, 0.29) is 32.9 Å². The van der Waals surface area contributed by atoms with Gasteiger partial charge in [-0.3, -0.25) is 0 Å². The van der Waals surface area contributed by atoms with Crippen LogP contribution in [0.3, 0.4) is 0 Å². The molecule has 4 atom stereocenters. The van der Waals surface area contributed by atoms with E-state index in [1.165, 1.54) is 47.9 Å². The van der Waals surface area contributed by atoms with Gasteiger partial charge in [0.05, 0.1) is 0 Å². The Morgan fingerprint density at radius 3 is 0.778 bits per heavy atom. The van der Waals surface area contributed by atoms with Crippen molar-refractivity contribution in [3.05, 3.63) is 206 Å². The quantitative estimate of drug-likeness (QED) is 0.142. The van der Waals surface area contributed by atoms with Crippen LogP contribution in [0.4, 0.5) is 0 Å². The topological polar surface area (TPSA) is 0 Å². The minimum Gasteiger partial charge on any atom is -0.0834 e. The zero-order valence-electron chi connectivity index (χ0n) is 25.6. The Morgan fingerprint density at radius 2 is 0.556 bits per heavy atom. The van der Waals surface area contributed by atoms with Crippen molar-refractivity contribution in [2.24, 2.45) is 0 Å². The molecule has 3 heteroatoms. The summed E-state index contributed by atoms with van der Waals surface area (Å²) in [6, 6.07) is 44.5. The van der Waals surface area contributed by atoms with Crippen LogP contribution < -0.4 is 0 Å². The second-order valence-electron chi connectivity index (χ2n) is 12.0. The van der Waals surface area contributed by atoms with Gasteiger partial charge >= 0.3 is 17.1 Å². The van der Waals surface area contributed by atoms with Crippen molar-refractivity contribution in [2.45, 2.75) is 48.3 Å². The van der Waals surface area contributed by atoms with Gasteiger partial charge in [0.15, 0.2) is 0 Å². The van der Waals surface area contributed by atoms with Gasteiger partial charge in [0.25, 0.3) is 0 Å². The molecule has 4 fully saturated rings. The first-order valence-electron chi connectivity index (χ1n) is 16.1. The molecule has 0 amide bonds. The van der Waals surface area contributed by atoms with Crippen LogP contribution in [0.1, 0.15) is 70.6 Å². The van der Waals surface area contributed by atoms with Gasteiger partial charge in [0.1, 0.15) is 0 Å². The van der Waals surface area contributed by atoms with E-state index in [9.17, 15) is 0 Å². The van der Waals surface area contributed by atoms with Gasteiger partial charge in [-0.2, -0.15) is 0 Å². The molecule has 4 aromatic rings. The molecule has 0 aromatic heterocycles. The first-order valence-corrected chi connectivity index (χ1v) is 19.0. The fourth-order valence-corrected chi connectivity index (χ4v) is 14.4. The second-order valence-corrected chi connectivity index (χ2v) is 17.1. The maximum absolute atomic E-state index is 2.34. The van der Waals surface area contributed by atoms with Gasteiger partial charge < -0.3 is 0 Å². The van der Waals surface area contributed by atoms with E-state index >= 15 is 0 Å². The maximum atomic E-state index is 2.34. The molecule has 2 aliphatic heterocycles. The molecule has 0 spiro atoms. The summed E-state index contributed by atoms with van der Waals surface area (Å²) in [5.41, 5.74) is 12.0. The van der Waals surface area contributed by atoms with Gasteiger partial charge in [0, 0.05) is 34.0 Å². The molecule has 0 bridgehead atoms. The van der Waals surface area contributed by atoms with Crippen LogP contribution in [-0.4, -0.2) is 0 Å². The van der Waals surface area contributed by atoms with E-state index in [1.54, 1.807) is 11.3 Å². The zero-order chi connectivity index (χ0) is 29.6. The van der Waals surface area contributed by atoms with E-state index in [2.05, 4.69) is 173 Å². The van der Waals surface area contributed by atoms with Gasteiger partial charge in [-0.15, -0.1) is 0 Å². The fourth-order valence-electron chi connectivity index (χ4n) is 7.42. The maximum Gasteiger partial charge on any atom is 2.00 e. The first-order chi connectivity index (χ1) is 21.9. The molecule has 2 saturated carbocycles. The van der Waals surface area contributed by atoms with Crippen molar-refractivity contribution in [1.29, 1.82) is 0 Å². The smallest absolute Gasteiger partial charge is 0.0834 e. The predicted octanol–water partition coefficient (Wildman–Crippen LogP) is 12.2. The molecule has 224 valence electrons. The SMILES string of the molecule is [CH]1[CH][CH][C](P2[C@H](c3ccccc3)CC[C@H]2c2ccccc2)[CH]1.[CH]1[CH][CH][C](P2[C@H](c3ccccc3)CC[C@H]2c2ccccc2)[CH]1.[Fe+2]. The summed E-state index contributed by atoms with van der Waals surface area (Å²) in [6.45, 7) is 0. The number of rotatable bonds is 6. The van der Waals surface area contributed by atoms with E-state index in [1.807, 2.05) is 0 Å². The molecule has 0 N–H and O–H groups in total. The minimum absolute atomic E-state index is 0. The van der Waals surface area contributed by atoms with E-state index in [0.29, 0.717) is 22.6 Å². The molecule has 8 rings (SSSR count). The largest absolute Gasteiger partial charge is 2.00 e. The molecule has 45 heavy (non-hydrogen) atoms. The fraction of sp³-hybridized carbons (Fsp3) is 0.190. The number of hydrogen-bond donors (Lipinski definition) is 0. The Balaban J connectivity index is 0.000000155. The summed E-state index contributed by atoms with van der Waals surface area (Å²) in [5.74, 6) is 0. The van der Waals surface area contributed by atoms with E-state index < -0.39 is 0 Å². The summed E-state index contributed by atoms with van der Waals surface area (Å²) in [7, 11) is -0.365. The molecule has 0 unspecified atom stereocenters. The average Bonchev–Trinajstić information content (AvgIpc) is 3.93. The summed E-state index contributed by atoms with van der Waals surface area (Å²) in [6.07, 6.45) is 23.3. The molecule has 0 nitrogen and oxygen atoms in total. The average molecular weight is 663 g/mol. The molecular weight excluding hydrogens is 622 g/mol. The first kappa shape index (κ1) is 33.2. The Labute approximate surface area is 286 Å². The van der Waals surface area contributed by atoms with Crippen molar-refractivity contribution in [1.82, 2.24) is 0 Å². The molecule has 2 aliphatic carbocycles. The second kappa shape index (κ2) is 16.4. The van der Waals surface area contributed by atoms with Crippen molar-refractivity contribution in [3.63, 3.8) is 0 Å². The number of hydrogen-bond acceptors (Lipinski definition) is 0. The monoisotopic (exact) mass is 662 g/mol. The van der Waals surface area contributed by atoms with Crippen molar-refractivity contribution < 1.29 is 17.1 Å². The normalized spacial score (nSPS) is 26.0. The predicted molar refractivity (Wildman–Crippen MR) is 190 cm³/mol. The van der Waals surface area contributed by atoms with E-state index in [0.717, 1.165) is 0 Å². The molecule has 4 aromatic carbocycles. The third kappa shape index (κ3) is 7.71. The third-order valence-corrected chi connectivity index (χ3v) is 16.1. The molecule has 4 aliphatic rings.